The maximum Gasteiger partial charge on any atom is 0.0365 e. The van der Waals surface area contributed by atoms with Gasteiger partial charge < -0.3 is 5.32 Å². The molecule has 1 atom stereocenters. The van der Waals surface area contributed by atoms with Gasteiger partial charge in [0.15, 0.2) is 0 Å². The second-order valence-electron chi connectivity index (χ2n) is 3.69. The lowest BCUT2D eigenvalue weighted by molar-refractivity contribution is 0.325. The van der Waals surface area contributed by atoms with Crippen LogP contribution in [0.1, 0.15) is 33.1 Å². The molecule has 0 aliphatic heterocycles. The molecule has 2 heteroatoms. The minimum absolute atomic E-state index is 0.449. The van der Waals surface area contributed by atoms with E-state index in [1.54, 1.807) is 0 Å². The standard InChI is InChI=1S/C9H18ClN/c1-3-7(2)6-11-9-4-8(10)5-9/h7-9,11H,3-6H2,1-2H3. The van der Waals surface area contributed by atoms with Crippen LogP contribution in [-0.4, -0.2) is 18.0 Å². The van der Waals surface area contributed by atoms with Gasteiger partial charge in [-0.1, -0.05) is 20.3 Å². The first-order chi connectivity index (χ1) is 5.22. The third-order valence-corrected chi connectivity index (χ3v) is 2.89. The zero-order valence-corrected chi connectivity index (χ0v) is 8.19. The van der Waals surface area contributed by atoms with Gasteiger partial charge >= 0.3 is 0 Å². The molecule has 0 aromatic carbocycles. The first-order valence-corrected chi connectivity index (χ1v) is 5.03. The fourth-order valence-corrected chi connectivity index (χ4v) is 1.66. The van der Waals surface area contributed by atoms with E-state index in [-0.39, 0.29) is 0 Å². The monoisotopic (exact) mass is 175 g/mol. The first-order valence-electron chi connectivity index (χ1n) is 4.59. The summed E-state index contributed by atoms with van der Waals surface area (Å²) in [6.45, 7) is 5.67. The Morgan fingerprint density at radius 3 is 2.64 bits per heavy atom. The summed E-state index contributed by atoms with van der Waals surface area (Å²) in [6, 6.07) is 0.714. The molecule has 0 bridgehead atoms. The van der Waals surface area contributed by atoms with Crippen molar-refractivity contribution in [2.75, 3.05) is 6.54 Å². The van der Waals surface area contributed by atoms with Crippen molar-refractivity contribution < 1.29 is 0 Å². The van der Waals surface area contributed by atoms with Crippen LogP contribution < -0.4 is 5.32 Å². The third-order valence-electron chi connectivity index (χ3n) is 2.53. The van der Waals surface area contributed by atoms with Crippen LogP contribution in [0.2, 0.25) is 0 Å². The van der Waals surface area contributed by atoms with E-state index >= 15 is 0 Å². The van der Waals surface area contributed by atoms with E-state index in [9.17, 15) is 0 Å². The molecule has 1 fully saturated rings. The number of rotatable bonds is 4. The maximum absolute atomic E-state index is 5.85. The first kappa shape index (κ1) is 9.34. The number of halogens is 1. The molecule has 1 aliphatic rings. The number of hydrogen-bond donors (Lipinski definition) is 1. The molecule has 1 N–H and O–H groups in total. The normalized spacial score (nSPS) is 33.0. The van der Waals surface area contributed by atoms with Gasteiger partial charge in [-0.3, -0.25) is 0 Å². The summed E-state index contributed by atoms with van der Waals surface area (Å²) >= 11 is 5.85. The van der Waals surface area contributed by atoms with E-state index in [1.165, 1.54) is 6.42 Å². The molecule has 0 spiro atoms. The Kier molecular flexibility index (Phi) is 3.67. The van der Waals surface area contributed by atoms with E-state index in [0.29, 0.717) is 11.4 Å². The van der Waals surface area contributed by atoms with Crippen LogP contribution in [0.4, 0.5) is 0 Å². The Morgan fingerprint density at radius 2 is 2.18 bits per heavy atom. The lowest BCUT2D eigenvalue weighted by Gasteiger charge is -2.32. The summed E-state index contributed by atoms with van der Waals surface area (Å²) < 4.78 is 0. The molecule has 1 saturated carbocycles. The Bertz CT molecular complexity index is 110. The van der Waals surface area contributed by atoms with Crippen LogP contribution in [0.25, 0.3) is 0 Å². The average Bonchev–Trinajstić information content (AvgIpc) is 1.95. The van der Waals surface area contributed by atoms with Crippen molar-refractivity contribution >= 4 is 11.6 Å². The zero-order valence-electron chi connectivity index (χ0n) is 7.44. The van der Waals surface area contributed by atoms with Crippen molar-refractivity contribution in [1.29, 1.82) is 0 Å². The summed E-state index contributed by atoms with van der Waals surface area (Å²) in [7, 11) is 0. The molecule has 0 aromatic rings. The van der Waals surface area contributed by atoms with Crippen molar-refractivity contribution in [3.05, 3.63) is 0 Å². The van der Waals surface area contributed by atoms with E-state index < -0.39 is 0 Å². The lowest BCUT2D eigenvalue weighted by Crippen LogP contribution is -2.43. The predicted molar refractivity (Wildman–Crippen MR) is 50.1 cm³/mol. The van der Waals surface area contributed by atoms with Crippen molar-refractivity contribution in [2.24, 2.45) is 5.92 Å². The van der Waals surface area contributed by atoms with Crippen LogP contribution in [0, 0.1) is 5.92 Å². The molecule has 0 saturated heterocycles. The van der Waals surface area contributed by atoms with Crippen molar-refractivity contribution in [2.45, 2.75) is 44.5 Å². The SMILES string of the molecule is CCC(C)CNC1CC(Cl)C1. The fourth-order valence-electron chi connectivity index (χ4n) is 1.23. The van der Waals surface area contributed by atoms with Gasteiger partial charge in [-0.2, -0.15) is 0 Å². The Hall–Kier alpha value is 0.250. The van der Waals surface area contributed by atoms with E-state index in [1.807, 2.05) is 0 Å². The molecular formula is C9H18ClN. The van der Waals surface area contributed by atoms with Crippen molar-refractivity contribution in [3.8, 4) is 0 Å². The van der Waals surface area contributed by atoms with Gasteiger partial charge in [0, 0.05) is 11.4 Å². The van der Waals surface area contributed by atoms with Gasteiger partial charge in [0.2, 0.25) is 0 Å². The van der Waals surface area contributed by atoms with Gasteiger partial charge in [-0.25, -0.2) is 0 Å². The fraction of sp³-hybridized carbons (Fsp3) is 1.00. The highest BCUT2D eigenvalue weighted by molar-refractivity contribution is 6.21. The molecule has 0 heterocycles. The highest BCUT2D eigenvalue weighted by Crippen LogP contribution is 2.25. The smallest absolute Gasteiger partial charge is 0.0365 e. The molecule has 66 valence electrons. The summed E-state index contributed by atoms with van der Waals surface area (Å²) in [5.41, 5.74) is 0. The van der Waals surface area contributed by atoms with Crippen molar-refractivity contribution in [1.82, 2.24) is 5.32 Å². The van der Waals surface area contributed by atoms with Gasteiger partial charge in [0.05, 0.1) is 0 Å². The molecule has 1 unspecified atom stereocenters. The Labute approximate surface area is 74.5 Å². The van der Waals surface area contributed by atoms with Crippen molar-refractivity contribution in [3.63, 3.8) is 0 Å². The minimum Gasteiger partial charge on any atom is -0.314 e. The molecule has 1 rings (SSSR count). The Balaban J connectivity index is 1.96. The molecule has 1 aliphatic carbocycles. The molecule has 1 nitrogen and oxygen atoms in total. The average molecular weight is 176 g/mol. The van der Waals surface area contributed by atoms with Crippen LogP contribution >= 0.6 is 11.6 Å². The van der Waals surface area contributed by atoms with E-state index in [0.717, 1.165) is 25.3 Å². The molecule has 11 heavy (non-hydrogen) atoms. The van der Waals surface area contributed by atoms with Gasteiger partial charge in [0.1, 0.15) is 0 Å². The van der Waals surface area contributed by atoms with Crippen LogP contribution in [0.5, 0.6) is 0 Å². The number of alkyl halides is 1. The van der Waals surface area contributed by atoms with Crippen LogP contribution in [0.3, 0.4) is 0 Å². The van der Waals surface area contributed by atoms with E-state index in [2.05, 4.69) is 19.2 Å². The molecule has 0 radical (unpaired) electrons. The second-order valence-corrected chi connectivity index (χ2v) is 4.30. The summed E-state index contributed by atoms with van der Waals surface area (Å²) in [4.78, 5) is 0. The third kappa shape index (κ3) is 3.00. The van der Waals surface area contributed by atoms with E-state index in [4.69, 9.17) is 11.6 Å². The predicted octanol–water partition coefficient (Wildman–Crippen LogP) is 2.39. The highest BCUT2D eigenvalue weighted by atomic mass is 35.5. The van der Waals surface area contributed by atoms with Gasteiger partial charge in [-0.05, 0) is 25.3 Å². The topological polar surface area (TPSA) is 12.0 Å². The number of hydrogen-bond acceptors (Lipinski definition) is 1. The van der Waals surface area contributed by atoms with Crippen LogP contribution in [-0.2, 0) is 0 Å². The largest absolute Gasteiger partial charge is 0.314 e. The molecule has 0 amide bonds. The summed E-state index contributed by atoms with van der Waals surface area (Å²) in [5, 5.41) is 3.96. The highest BCUT2D eigenvalue weighted by Gasteiger charge is 2.26. The number of nitrogens with one attached hydrogen (secondary N) is 1. The van der Waals surface area contributed by atoms with Gasteiger partial charge in [-0.15, -0.1) is 11.6 Å². The van der Waals surface area contributed by atoms with Gasteiger partial charge in [0.25, 0.3) is 0 Å². The lowest BCUT2D eigenvalue weighted by atomic mass is 9.92. The Morgan fingerprint density at radius 1 is 1.55 bits per heavy atom. The minimum atomic E-state index is 0.449. The second kappa shape index (κ2) is 4.32. The van der Waals surface area contributed by atoms with Crippen LogP contribution in [0.15, 0.2) is 0 Å². The molecule has 0 aromatic heterocycles. The molecular weight excluding hydrogens is 158 g/mol. The summed E-state index contributed by atoms with van der Waals surface area (Å²) in [6.07, 6.45) is 3.60. The quantitative estimate of drug-likeness (QED) is 0.648. The zero-order chi connectivity index (χ0) is 8.27. The summed E-state index contributed by atoms with van der Waals surface area (Å²) in [5.74, 6) is 0.810. The maximum atomic E-state index is 5.85.